The van der Waals surface area contributed by atoms with E-state index in [2.05, 4.69) is 15.5 Å². The van der Waals surface area contributed by atoms with Crippen LogP contribution in [0.3, 0.4) is 0 Å². The van der Waals surface area contributed by atoms with Gasteiger partial charge in [0, 0.05) is 11.8 Å². The van der Waals surface area contributed by atoms with E-state index < -0.39 is 10.8 Å². The Bertz CT molecular complexity index is 1360. The standard InChI is InChI=1S/C25H23N5O5S/c1-17-7-9-18(10-8-17)29-23(15-35-20-13-11-19(34-2)12-14-20)27-28-25(29)36-16-24(31)26-21-5-3-4-6-22(21)30(32)33/h3-14H,15-16H2,1-2H3,(H,26,31). The van der Waals surface area contributed by atoms with Crippen LogP contribution < -0.4 is 14.8 Å². The molecular formula is C25H23N5O5S. The molecule has 11 heteroatoms. The van der Waals surface area contributed by atoms with Gasteiger partial charge in [0.1, 0.15) is 23.8 Å². The lowest BCUT2D eigenvalue weighted by Gasteiger charge is -2.12. The van der Waals surface area contributed by atoms with Gasteiger partial charge in [-0.25, -0.2) is 0 Å². The quantitative estimate of drug-likeness (QED) is 0.185. The molecule has 0 aliphatic carbocycles. The molecule has 1 heterocycles. The highest BCUT2D eigenvalue weighted by atomic mass is 32.2. The first-order valence-electron chi connectivity index (χ1n) is 10.9. The van der Waals surface area contributed by atoms with Crippen LogP contribution in [-0.4, -0.2) is 38.5 Å². The number of carbonyl (C=O) groups excluding carboxylic acids is 1. The Morgan fingerprint density at radius 3 is 2.42 bits per heavy atom. The van der Waals surface area contributed by atoms with Crippen LogP contribution in [0, 0.1) is 17.0 Å². The van der Waals surface area contributed by atoms with Crippen LogP contribution in [0.5, 0.6) is 11.5 Å². The van der Waals surface area contributed by atoms with E-state index in [0.29, 0.717) is 16.7 Å². The number of aryl methyl sites for hydroxylation is 1. The summed E-state index contributed by atoms with van der Waals surface area (Å²) in [6, 6.07) is 21.0. The molecule has 0 unspecified atom stereocenters. The van der Waals surface area contributed by atoms with Crippen molar-refractivity contribution in [3.05, 3.63) is 94.3 Å². The zero-order chi connectivity index (χ0) is 25.5. The summed E-state index contributed by atoms with van der Waals surface area (Å²) in [5, 5.41) is 22.9. The Morgan fingerprint density at radius 2 is 1.72 bits per heavy atom. The van der Waals surface area contributed by atoms with Crippen molar-refractivity contribution >= 4 is 29.0 Å². The number of nitrogens with zero attached hydrogens (tertiary/aromatic N) is 4. The fourth-order valence-corrected chi connectivity index (χ4v) is 4.09. The van der Waals surface area contributed by atoms with Gasteiger partial charge >= 0.3 is 0 Å². The number of benzene rings is 3. The molecule has 184 valence electrons. The van der Waals surface area contributed by atoms with Crippen molar-refractivity contribution in [3.63, 3.8) is 0 Å². The molecule has 1 amide bonds. The molecule has 0 bridgehead atoms. The first-order valence-corrected chi connectivity index (χ1v) is 11.9. The maximum Gasteiger partial charge on any atom is 0.292 e. The van der Waals surface area contributed by atoms with Gasteiger partial charge in [0.05, 0.1) is 17.8 Å². The molecule has 10 nitrogen and oxygen atoms in total. The van der Waals surface area contributed by atoms with Crippen molar-refractivity contribution in [2.24, 2.45) is 0 Å². The molecule has 0 saturated heterocycles. The third-order valence-corrected chi connectivity index (χ3v) is 6.06. The van der Waals surface area contributed by atoms with E-state index in [1.807, 2.05) is 35.8 Å². The smallest absolute Gasteiger partial charge is 0.292 e. The van der Waals surface area contributed by atoms with Crippen molar-refractivity contribution in [1.29, 1.82) is 0 Å². The lowest BCUT2D eigenvalue weighted by molar-refractivity contribution is -0.383. The van der Waals surface area contributed by atoms with Crippen LogP contribution in [0.4, 0.5) is 11.4 Å². The molecule has 1 N–H and O–H groups in total. The number of nitrogens with one attached hydrogen (secondary N) is 1. The van der Waals surface area contributed by atoms with E-state index in [1.54, 1.807) is 43.5 Å². The number of rotatable bonds is 10. The molecule has 4 rings (SSSR count). The predicted molar refractivity (Wildman–Crippen MR) is 136 cm³/mol. The molecular weight excluding hydrogens is 482 g/mol. The summed E-state index contributed by atoms with van der Waals surface area (Å²) in [6.07, 6.45) is 0. The summed E-state index contributed by atoms with van der Waals surface area (Å²) < 4.78 is 12.9. The lowest BCUT2D eigenvalue weighted by atomic mass is 10.2. The topological polar surface area (TPSA) is 121 Å². The highest BCUT2D eigenvalue weighted by molar-refractivity contribution is 7.99. The van der Waals surface area contributed by atoms with Crippen LogP contribution in [0.25, 0.3) is 5.69 Å². The van der Waals surface area contributed by atoms with Crippen molar-refractivity contribution < 1.29 is 19.2 Å². The van der Waals surface area contributed by atoms with Gasteiger partial charge in [0.2, 0.25) is 5.91 Å². The fraction of sp³-hybridized carbons (Fsp3) is 0.160. The lowest BCUT2D eigenvalue weighted by Crippen LogP contribution is -2.15. The molecule has 0 radical (unpaired) electrons. The van der Waals surface area contributed by atoms with E-state index in [4.69, 9.17) is 9.47 Å². The number of ether oxygens (including phenoxy) is 2. The fourth-order valence-electron chi connectivity index (χ4n) is 3.32. The zero-order valence-electron chi connectivity index (χ0n) is 19.6. The van der Waals surface area contributed by atoms with Gasteiger partial charge in [0.15, 0.2) is 11.0 Å². The van der Waals surface area contributed by atoms with E-state index in [-0.39, 0.29) is 23.7 Å². The van der Waals surface area contributed by atoms with Gasteiger partial charge in [-0.3, -0.25) is 19.5 Å². The summed E-state index contributed by atoms with van der Waals surface area (Å²) in [5.41, 5.74) is 1.89. The minimum absolute atomic E-state index is 0.0185. The molecule has 4 aromatic rings. The predicted octanol–water partition coefficient (Wildman–Crippen LogP) is 4.80. The number of nitro benzene ring substituents is 1. The number of nitro groups is 1. The number of hydrogen-bond acceptors (Lipinski definition) is 8. The normalized spacial score (nSPS) is 10.6. The van der Waals surface area contributed by atoms with Crippen LogP contribution in [0.15, 0.2) is 78.0 Å². The largest absolute Gasteiger partial charge is 0.497 e. The second-order valence-corrected chi connectivity index (χ2v) is 8.59. The summed E-state index contributed by atoms with van der Waals surface area (Å²) >= 11 is 1.17. The maximum atomic E-state index is 12.6. The van der Waals surface area contributed by atoms with E-state index >= 15 is 0 Å². The van der Waals surface area contributed by atoms with Crippen molar-refractivity contribution in [2.45, 2.75) is 18.7 Å². The van der Waals surface area contributed by atoms with Crippen molar-refractivity contribution in [1.82, 2.24) is 14.8 Å². The van der Waals surface area contributed by atoms with Crippen LogP contribution >= 0.6 is 11.8 Å². The Morgan fingerprint density at radius 1 is 1.03 bits per heavy atom. The second kappa shape index (κ2) is 11.4. The van der Waals surface area contributed by atoms with E-state index in [1.165, 1.54) is 23.9 Å². The third-order valence-electron chi connectivity index (χ3n) is 5.13. The number of amides is 1. The van der Waals surface area contributed by atoms with Crippen LogP contribution in [0.1, 0.15) is 11.4 Å². The third kappa shape index (κ3) is 5.99. The van der Waals surface area contributed by atoms with Gasteiger partial charge in [-0.1, -0.05) is 41.6 Å². The first-order chi connectivity index (χ1) is 17.4. The molecule has 0 saturated carbocycles. The molecule has 1 aromatic heterocycles. The van der Waals surface area contributed by atoms with Gasteiger partial charge < -0.3 is 14.8 Å². The Labute approximate surface area is 211 Å². The Kier molecular flexibility index (Phi) is 7.81. The molecule has 0 aliphatic rings. The molecule has 3 aromatic carbocycles. The molecule has 0 spiro atoms. The minimum atomic E-state index is -0.536. The monoisotopic (exact) mass is 505 g/mol. The van der Waals surface area contributed by atoms with E-state index in [0.717, 1.165) is 17.0 Å². The molecule has 0 aliphatic heterocycles. The van der Waals surface area contributed by atoms with E-state index in [9.17, 15) is 14.9 Å². The molecule has 36 heavy (non-hydrogen) atoms. The average molecular weight is 506 g/mol. The number of para-hydroxylation sites is 2. The molecule has 0 fully saturated rings. The summed E-state index contributed by atoms with van der Waals surface area (Å²) in [6.45, 7) is 2.14. The zero-order valence-corrected chi connectivity index (χ0v) is 20.4. The number of anilines is 1. The number of hydrogen-bond donors (Lipinski definition) is 1. The van der Waals surface area contributed by atoms with Crippen molar-refractivity contribution in [2.75, 3.05) is 18.2 Å². The number of methoxy groups -OCH3 is 1. The van der Waals surface area contributed by atoms with Crippen LogP contribution in [0.2, 0.25) is 0 Å². The van der Waals surface area contributed by atoms with Gasteiger partial charge in [0.25, 0.3) is 5.69 Å². The minimum Gasteiger partial charge on any atom is -0.497 e. The van der Waals surface area contributed by atoms with Gasteiger partial charge in [-0.15, -0.1) is 10.2 Å². The van der Waals surface area contributed by atoms with Crippen molar-refractivity contribution in [3.8, 4) is 17.2 Å². The SMILES string of the molecule is COc1ccc(OCc2nnc(SCC(=O)Nc3ccccc3[N+](=O)[O-])n2-c2ccc(C)cc2)cc1. The summed E-state index contributed by atoms with van der Waals surface area (Å²) in [4.78, 5) is 23.3. The number of carbonyl (C=O) groups is 1. The van der Waals surface area contributed by atoms with Crippen LogP contribution in [-0.2, 0) is 11.4 Å². The maximum absolute atomic E-state index is 12.6. The highest BCUT2D eigenvalue weighted by Crippen LogP contribution is 2.26. The highest BCUT2D eigenvalue weighted by Gasteiger charge is 2.19. The second-order valence-electron chi connectivity index (χ2n) is 7.65. The molecule has 0 atom stereocenters. The number of aromatic nitrogens is 3. The first kappa shape index (κ1) is 24.7. The number of thioether (sulfide) groups is 1. The Balaban J connectivity index is 1.51. The average Bonchev–Trinajstić information content (AvgIpc) is 3.30. The van der Waals surface area contributed by atoms with Gasteiger partial charge in [-0.2, -0.15) is 0 Å². The Hall–Kier alpha value is -4.38. The van der Waals surface area contributed by atoms with Gasteiger partial charge in [-0.05, 0) is 49.4 Å². The summed E-state index contributed by atoms with van der Waals surface area (Å²) in [5.74, 6) is 1.50. The summed E-state index contributed by atoms with van der Waals surface area (Å²) in [7, 11) is 1.60.